The van der Waals surface area contributed by atoms with Crippen LogP contribution in [-0.4, -0.2) is 29.0 Å². The number of amides is 1. The number of benzene rings is 1. The molecule has 0 bridgehead atoms. The summed E-state index contributed by atoms with van der Waals surface area (Å²) in [7, 11) is 2.58. The number of aldehydes is 1. The molecular weight excluding hydrogens is 351 g/mol. The second-order valence-electron chi connectivity index (χ2n) is 6.96. The molecule has 4 rings (SSSR count). The first-order valence-corrected chi connectivity index (χ1v) is 9.07. The summed E-state index contributed by atoms with van der Waals surface area (Å²) in [5.74, 6) is -0.828. The van der Waals surface area contributed by atoms with Crippen molar-refractivity contribution in [2.75, 3.05) is 11.9 Å². The van der Waals surface area contributed by atoms with Crippen LogP contribution in [0.25, 0.3) is 5.69 Å². The smallest absolute Gasteiger partial charge is 0.255 e. The van der Waals surface area contributed by atoms with Crippen LogP contribution in [0.15, 0.2) is 47.4 Å². The van der Waals surface area contributed by atoms with E-state index in [4.69, 9.17) is 4.74 Å². The lowest BCUT2D eigenvalue weighted by Gasteiger charge is -2.16. The number of nitrogens with one attached hydrogen (secondary N) is 1. The van der Waals surface area contributed by atoms with E-state index in [9.17, 15) is 14.4 Å². The van der Waals surface area contributed by atoms with Gasteiger partial charge in [-0.2, -0.15) is 0 Å². The second-order valence-corrected chi connectivity index (χ2v) is 7.58. The van der Waals surface area contributed by atoms with Crippen molar-refractivity contribution in [1.29, 1.82) is 0 Å². The predicted molar refractivity (Wildman–Crippen MR) is 101 cm³/mol. The van der Waals surface area contributed by atoms with E-state index in [1.54, 1.807) is 30.5 Å². The Hall–Kier alpha value is -2.30. The van der Waals surface area contributed by atoms with Crippen molar-refractivity contribution >= 4 is 32.4 Å². The minimum atomic E-state index is -0.365. The number of epoxide rings is 1. The molecule has 2 aromatic rings. The molecular formula is C19H19N2O4P. The Kier molecular flexibility index (Phi) is 4.25. The number of hydrogen-bond donors (Lipinski definition) is 1. The molecule has 1 aromatic heterocycles. The summed E-state index contributed by atoms with van der Waals surface area (Å²) in [6, 6.07) is 10.3. The molecule has 1 N–H and O–H groups in total. The fraction of sp³-hybridized carbons (Fsp3) is 0.316. The van der Waals surface area contributed by atoms with Gasteiger partial charge in [0.25, 0.3) is 5.56 Å². The lowest BCUT2D eigenvalue weighted by Crippen LogP contribution is -2.28. The molecule has 1 saturated heterocycles. The van der Waals surface area contributed by atoms with Gasteiger partial charge in [-0.3, -0.25) is 14.2 Å². The summed E-state index contributed by atoms with van der Waals surface area (Å²) in [4.78, 5) is 35.9. The summed E-state index contributed by atoms with van der Waals surface area (Å²) < 4.78 is 6.98. The summed E-state index contributed by atoms with van der Waals surface area (Å²) >= 11 is 0. The van der Waals surface area contributed by atoms with E-state index in [1.807, 2.05) is 6.07 Å². The summed E-state index contributed by atoms with van der Waals surface area (Å²) in [6.07, 6.45) is 3.78. The van der Waals surface area contributed by atoms with Gasteiger partial charge in [-0.25, -0.2) is 0 Å². The Morgan fingerprint density at radius 1 is 1.31 bits per heavy atom. The Labute approximate surface area is 152 Å². The fourth-order valence-corrected chi connectivity index (χ4v) is 3.99. The number of anilines is 1. The van der Waals surface area contributed by atoms with E-state index < -0.39 is 0 Å². The maximum Gasteiger partial charge on any atom is 0.255 e. The van der Waals surface area contributed by atoms with Gasteiger partial charge < -0.3 is 14.8 Å². The van der Waals surface area contributed by atoms with E-state index in [2.05, 4.69) is 14.6 Å². The van der Waals surface area contributed by atoms with E-state index in [0.29, 0.717) is 25.1 Å². The van der Waals surface area contributed by atoms with Crippen LogP contribution < -0.4 is 16.2 Å². The van der Waals surface area contributed by atoms with Crippen molar-refractivity contribution in [3.63, 3.8) is 0 Å². The maximum absolute atomic E-state index is 12.7. The Balaban J connectivity index is 1.53. The second kappa shape index (κ2) is 6.45. The number of carbonyl (C=O) groups is 2. The van der Waals surface area contributed by atoms with Gasteiger partial charge in [-0.15, -0.1) is 9.24 Å². The third-order valence-electron chi connectivity index (χ3n) is 5.17. The van der Waals surface area contributed by atoms with Crippen molar-refractivity contribution in [1.82, 2.24) is 4.57 Å². The average Bonchev–Trinajstić information content (AvgIpc) is 3.28. The van der Waals surface area contributed by atoms with Crippen LogP contribution in [-0.2, 0) is 14.3 Å². The molecule has 26 heavy (non-hydrogen) atoms. The SMILES string of the molecule is O=CC1CC2(CO2)C[C@@H]1C(=O)Nc1ccc(-n2ccccc2=O)cc1P. The van der Waals surface area contributed by atoms with E-state index in [0.717, 1.165) is 17.3 Å². The molecule has 7 heteroatoms. The summed E-state index contributed by atoms with van der Waals surface area (Å²) in [5.41, 5.74) is 0.990. The molecule has 1 saturated carbocycles. The normalized spacial score (nSPS) is 26.7. The van der Waals surface area contributed by atoms with Crippen molar-refractivity contribution in [2.45, 2.75) is 18.4 Å². The molecule has 1 aliphatic heterocycles. The highest BCUT2D eigenvalue weighted by atomic mass is 31.0. The van der Waals surface area contributed by atoms with Gasteiger partial charge in [-0.05, 0) is 42.4 Å². The van der Waals surface area contributed by atoms with Gasteiger partial charge in [0.1, 0.15) is 6.29 Å². The summed E-state index contributed by atoms with van der Waals surface area (Å²) in [6.45, 7) is 0.635. The van der Waals surface area contributed by atoms with Crippen molar-refractivity contribution < 1.29 is 14.3 Å². The quantitative estimate of drug-likeness (QED) is 0.499. The maximum atomic E-state index is 12.7. The van der Waals surface area contributed by atoms with Gasteiger partial charge in [0.15, 0.2) is 0 Å². The van der Waals surface area contributed by atoms with Crippen molar-refractivity contribution in [3.05, 3.63) is 52.9 Å². The minimum absolute atomic E-state index is 0.122. The van der Waals surface area contributed by atoms with Crippen LogP contribution in [0.3, 0.4) is 0 Å². The third-order valence-corrected chi connectivity index (χ3v) is 5.65. The van der Waals surface area contributed by atoms with Crippen LogP contribution in [0.1, 0.15) is 12.8 Å². The van der Waals surface area contributed by atoms with Crippen molar-refractivity contribution in [3.8, 4) is 5.69 Å². The molecule has 2 aliphatic rings. The van der Waals surface area contributed by atoms with Crippen LogP contribution >= 0.6 is 9.24 Å². The Bertz CT molecular complexity index is 935. The Morgan fingerprint density at radius 3 is 2.77 bits per heavy atom. The minimum Gasteiger partial charge on any atom is -0.370 e. The third kappa shape index (κ3) is 3.11. The number of nitrogens with zero attached hydrogens (tertiary/aromatic N) is 1. The number of pyridine rings is 1. The zero-order chi connectivity index (χ0) is 18.3. The van der Waals surface area contributed by atoms with Crippen molar-refractivity contribution in [2.24, 2.45) is 11.8 Å². The van der Waals surface area contributed by atoms with Gasteiger partial charge >= 0.3 is 0 Å². The molecule has 3 unspecified atom stereocenters. The summed E-state index contributed by atoms with van der Waals surface area (Å²) in [5, 5.41) is 3.68. The molecule has 6 nitrogen and oxygen atoms in total. The fourth-order valence-electron chi connectivity index (χ4n) is 3.66. The van der Waals surface area contributed by atoms with E-state index in [-0.39, 0.29) is 28.9 Å². The monoisotopic (exact) mass is 370 g/mol. The highest BCUT2D eigenvalue weighted by Gasteiger charge is 2.56. The standard InChI is InChI=1S/C19H19N2O4P/c22-10-12-8-19(11-25-19)9-14(12)18(24)20-15-5-4-13(7-16(15)26)21-6-2-1-3-17(21)23/h1-7,10,12,14H,8-9,11,26H2,(H,20,24)/t12?,14-,19?/m0/s1. The number of rotatable bonds is 4. The molecule has 2 fully saturated rings. The van der Waals surface area contributed by atoms with E-state index in [1.165, 1.54) is 10.6 Å². The highest BCUT2D eigenvalue weighted by molar-refractivity contribution is 7.28. The first kappa shape index (κ1) is 17.1. The molecule has 2 heterocycles. The first-order chi connectivity index (χ1) is 12.5. The Morgan fingerprint density at radius 2 is 2.12 bits per heavy atom. The number of carbonyl (C=O) groups excluding carboxylic acids is 2. The molecule has 1 amide bonds. The molecule has 4 atom stereocenters. The van der Waals surface area contributed by atoms with Gasteiger partial charge in [-0.1, -0.05) is 6.07 Å². The predicted octanol–water partition coefficient (Wildman–Crippen LogP) is 1.27. The van der Waals surface area contributed by atoms with Crippen LogP contribution in [0.2, 0.25) is 0 Å². The first-order valence-electron chi connectivity index (χ1n) is 8.49. The van der Waals surface area contributed by atoms with Gasteiger partial charge in [0, 0.05) is 29.6 Å². The highest BCUT2D eigenvalue weighted by Crippen LogP contribution is 2.49. The molecule has 1 spiro atoms. The molecule has 0 radical (unpaired) electrons. The van der Waals surface area contributed by atoms with Gasteiger partial charge in [0.05, 0.1) is 18.1 Å². The van der Waals surface area contributed by atoms with Crippen LogP contribution in [0.5, 0.6) is 0 Å². The molecule has 134 valence electrons. The van der Waals surface area contributed by atoms with Crippen LogP contribution in [0, 0.1) is 11.8 Å². The lowest BCUT2D eigenvalue weighted by molar-refractivity contribution is -0.124. The topological polar surface area (TPSA) is 80.7 Å². The van der Waals surface area contributed by atoms with E-state index >= 15 is 0 Å². The zero-order valence-corrected chi connectivity index (χ0v) is 15.2. The zero-order valence-electron chi connectivity index (χ0n) is 14.1. The van der Waals surface area contributed by atoms with Crippen LogP contribution in [0.4, 0.5) is 5.69 Å². The number of hydrogen-bond acceptors (Lipinski definition) is 4. The lowest BCUT2D eigenvalue weighted by atomic mass is 9.96. The number of ether oxygens (including phenoxy) is 1. The average molecular weight is 370 g/mol. The molecule has 1 aliphatic carbocycles. The molecule has 1 aromatic carbocycles. The largest absolute Gasteiger partial charge is 0.370 e. The number of aromatic nitrogens is 1. The van der Waals surface area contributed by atoms with Gasteiger partial charge in [0.2, 0.25) is 5.91 Å².